The fourth-order valence-corrected chi connectivity index (χ4v) is 3.57. The summed E-state index contributed by atoms with van der Waals surface area (Å²) in [5.41, 5.74) is 1.50. The lowest BCUT2D eigenvalue weighted by Gasteiger charge is -2.20. The molecule has 2 N–H and O–H groups in total. The molecule has 4 rings (SSSR count). The van der Waals surface area contributed by atoms with E-state index in [9.17, 15) is 9.59 Å². The van der Waals surface area contributed by atoms with Crippen molar-refractivity contribution >= 4 is 11.8 Å². The van der Waals surface area contributed by atoms with Gasteiger partial charge in [0.1, 0.15) is 0 Å². The maximum atomic E-state index is 12.7. The Bertz CT molecular complexity index is 840. The molecule has 1 saturated carbocycles. The normalized spacial score (nSPS) is 20.3. The van der Waals surface area contributed by atoms with Gasteiger partial charge in [-0.05, 0) is 42.7 Å². The number of carbonyl (C=O) groups is 2. The molecule has 1 aliphatic carbocycles. The van der Waals surface area contributed by atoms with E-state index in [4.69, 9.17) is 9.47 Å². The van der Waals surface area contributed by atoms with Crippen LogP contribution in [0.3, 0.4) is 0 Å². The van der Waals surface area contributed by atoms with Crippen LogP contribution in [0.25, 0.3) is 0 Å². The van der Waals surface area contributed by atoms with Crippen molar-refractivity contribution in [3.05, 3.63) is 53.9 Å². The average molecular weight is 367 g/mol. The number of fused-ring (bicyclic) bond motifs is 1. The highest BCUT2D eigenvalue weighted by molar-refractivity contribution is 5.94. The Labute approximate surface area is 157 Å². The van der Waals surface area contributed by atoms with Gasteiger partial charge in [-0.15, -0.1) is 0 Å². The first-order valence-corrected chi connectivity index (χ1v) is 9.08. The van der Waals surface area contributed by atoms with Gasteiger partial charge >= 0.3 is 0 Å². The van der Waals surface area contributed by atoms with Gasteiger partial charge in [-0.1, -0.05) is 12.5 Å². The van der Waals surface area contributed by atoms with E-state index in [0.717, 1.165) is 30.6 Å². The fraction of sp³-hybridized carbons (Fsp3) is 0.350. The van der Waals surface area contributed by atoms with Crippen molar-refractivity contribution < 1.29 is 19.1 Å². The summed E-state index contributed by atoms with van der Waals surface area (Å²) in [5, 5.41) is 5.97. The Kier molecular flexibility index (Phi) is 4.91. The quantitative estimate of drug-likeness (QED) is 0.844. The number of nitrogens with zero attached hydrogens (tertiary/aromatic N) is 1. The van der Waals surface area contributed by atoms with Gasteiger partial charge in [0.25, 0.3) is 5.91 Å². The van der Waals surface area contributed by atoms with Gasteiger partial charge in [0.05, 0.1) is 5.92 Å². The predicted molar refractivity (Wildman–Crippen MR) is 97.2 cm³/mol. The Morgan fingerprint density at radius 3 is 2.74 bits per heavy atom. The molecular weight excluding hydrogens is 346 g/mol. The molecule has 0 bridgehead atoms. The minimum atomic E-state index is -0.218. The number of benzene rings is 1. The van der Waals surface area contributed by atoms with Gasteiger partial charge in [-0.25, -0.2) is 0 Å². The van der Waals surface area contributed by atoms with Crippen molar-refractivity contribution in [1.29, 1.82) is 0 Å². The Morgan fingerprint density at radius 2 is 1.89 bits per heavy atom. The highest BCUT2D eigenvalue weighted by atomic mass is 16.7. The minimum Gasteiger partial charge on any atom is -0.454 e. The molecule has 27 heavy (non-hydrogen) atoms. The number of carbonyl (C=O) groups excluding carboxylic acids is 2. The van der Waals surface area contributed by atoms with Crippen LogP contribution in [0.4, 0.5) is 0 Å². The number of hydrogen-bond donors (Lipinski definition) is 2. The van der Waals surface area contributed by atoms with Gasteiger partial charge in [-0.2, -0.15) is 0 Å². The van der Waals surface area contributed by atoms with Crippen molar-refractivity contribution in [1.82, 2.24) is 15.6 Å². The summed E-state index contributed by atoms with van der Waals surface area (Å²) >= 11 is 0. The standard InChI is InChI=1S/C20H21N3O4/c24-19(14-6-8-21-9-7-14)23-16-3-1-2-15(16)20(25)22-11-13-4-5-17-18(10-13)27-12-26-17/h4-10,15-16H,1-3,11-12H2,(H,22,25)(H,23,24)/t15-,16+/m0/s1. The molecule has 140 valence electrons. The highest BCUT2D eigenvalue weighted by Crippen LogP contribution is 2.32. The van der Waals surface area contributed by atoms with E-state index in [0.29, 0.717) is 17.9 Å². The molecule has 2 amide bonds. The van der Waals surface area contributed by atoms with Gasteiger partial charge in [0.15, 0.2) is 11.5 Å². The summed E-state index contributed by atoms with van der Waals surface area (Å²) in [4.78, 5) is 28.9. The third kappa shape index (κ3) is 3.86. The lowest BCUT2D eigenvalue weighted by molar-refractivity contribution is -0.125. The molecule has 2 heterocycles. The Morgan fingerprint density at radius 1 is 1.07 bits per heavy atom. The summed E-state index contributed by atoms with van der Waals surface area (Å²) in [6.07, 6.45) is 5.66. The van der Waals surface area contributed by atoms with Gasteiger partial charge in [0.2, 0.25) is 12.7 Å². The van der Waals surface area contributed by atoms with E-state index in [1.165, 1.54) is 0 Å². The van der Waals surface area contributed by atoms with E-state index in [1.54, 1.807) is 24.5 Å². The second-order valence-electron chi connectivity index (χ2n) is 6.76. The first-order chi connectivity index (χ1) is 13.2. The molecule has 1 fully saturated rings. The number of amides is 2. The van der Waals surface area contributed by atoms with Crippen molar-refractivity contribution in [2.75, 3.05) is 6.79 Å². The molecule has 0 radical (unpaired) electrons. The number of hydrogen-bond acceptors (Lipinski definition) is 5. The van der Waals surface area contributed by atoms with E-state index >= 15 is 0 Å². The van der Waals surface area contributed by atoms with Crippen molar-refractivity contribution in [3.8, 4) is 11.5 Å². The van der Waals surface area contributed by atoms with Crippen molar-refractivity contribution in [2.24, 2.45) is 5.92 Å². The SMILES string of the molecule is O=C(N[C@@H]1CCC[C@@H]1C(=O)NCc1ccc2c(c1)OCO2)c1ccncc1. The van der Waals surface area contributed by atoms with Gasteiger partial charge < -0.3 is 20.1 Å². The largest absolute Gasteiger partial charge is 0.454 e. The lowest BCUT2D eigenvalue weighted by atomic mass is 10.0. The highest BCUT2D eigenvalue weighted by Gasteiger charge is 2.34. The van der Waals surface area contributed by atoms with Gasteiger partial charge in [-0.3, -0.25) is 14.6 Å². The van der Waals surface area contributed by atoms with Crippen LogP contribution < -0.4 is 20.1 Å². The van der Waals surface area contributed by atoms with E-state index < -0.39 is 0 Å². The predicted octanol–water partition coefficient (Wildman–Crippen LogP) is 2.03. The molecule has 1 aliphatic heterocycles. The smallest absolute Gasteiger partial charge is 0.251 e. The molecule has 0 unspecified atom stereocenters. The number of ether oxygens (including phenoxy) is 2. The van der Waals surface area contributed by atoms with Crippen LogP contribution in [0.1, 0.15) is 35.2 Å². The fourth-order valence-electron chi connectivity index (χ4n) is 3.57. The number of rotatable bonds is 5. The van der Waals surface area contributed by atoms with E-state index in [1.807, 2.05) is 18.2 Å². The third-order valence-electron chi connectivity index (χ3n) is 5.02. The first-order valence-electron chi connectivity index (χ1n) is 9.08. The molecule has 7 nitrogen and oxygen atoms in total. The summed E-state index contributed by atoms with van der Waals surface area (Å²) < 4.78 is 10.7. The first kappa shape index (κ1) is 17.3. The zero-order valence-corrected chi connectivity index (χ0v) is 14.8. The lowest BCUT2D eigenvalue weighted by Crippen LogP contribution is -2.43. The van der Waals surface area contributed by atoms with Gasteiger partial charge in [0, 0.05) is 30.5 Å². The van der Waals surface area contributed by atoms with Crippen molar-refractivity contribution in [2.45, 2.75) is 31.8 Å². The van der Waals surface area contributed by atoms with Crippen LogP contribution >= 0.6 is 0 Å². The molecule has 0 saturated heterocycles. The Balaban J connectivity index is 1.34. The maximum absolute atomic E-state index is 12.7. The zero-order chi connectivity index (χ0) is 18.6. The van der Waals surface area contributed by atoms with Crippen LogP contribution in [0.15, 0.2) is 42.7 Å². The summed E-state index contributed by atoms with van der Waals surface area (Å²) in [6.45, 7) is 0.642. The summed E-state index contributed by atoms with van der Waals surface area (Å²) in [7, 11) is 0. The molecule has 0 spiro atoms. The van der Waals surface area contributed by atoms with Crippen LogP contribution in [0, 0.1) is 5.92 Å². The van der Waals surface area contributed by atoms with E-state index in [-0.39, 0.29) is 30.6 Å². The number of aromatic nitrogens is 1. The van der Waals surface area contributed by atoms with E-state index in [2.05, 4.69) is 15.6 Å². The maximum Gasteiger partial charge on any atom is 0.251 e. The third-order valence-corrected chi connectivity index (χ3v) is 5.02. The molecule has 2 aromatic rings. The van der Waals surface area contributed by atoms with Crippen LogP contribution in [-0.2, 0) is 11.3 Å². The monoisotopic (exact) mass is 367 g/mol. The molecule has 7 heteroatoms. The molecule has 2 atom stereocenters. The topological polar surface area (TPSA) is 89.6 Å². The number of nitrogens with one attached hydrogen (secondary N) is 2. The van der Waals surface area contributed by atoms with Crippen LogP contribution in [-0.4, -0.2) is 29.6 Å². The number of pyridine rings is 1. The molecule has 2 aliphatic rings. The molecular formula is C20H21N3O4. The average Bonchev–Trinajstić information content (AvgIpc) is 3.35. The van der Waals surface area contributed by atoms with Crippen LogP contribution in [0.5, 0.6) is 11.5 Å². The second-order valence-corrected chi connectivity index (χ2v) is 6.76. The molecule has 1 aromatic carbocycles. The summed E-state index contributed by atoms with van der Waals surface area (Å²) in [5.74, 6) is 0.998. The second kappa shape index (κ2) is 7.65. The molecule has 1 aromatic heterocycles. The van der Waals surface area contributed by atoms with Crippen molar-refractivity contribution in [3.63, 3.8) is 0 Å². The minimum absolute atomic E-state index is 0.0369. The zero-order valence-electron chi connectivity index (χ0n) is 14.8. The summed E-state index contributed by atoms with van der Waals surface area (Å²) in [6, 6.07) is 8.81. The Hall–Kier alpha value is -3.09. The van der Waals surface area contributed by atoms with Crippen LogP contribution in [0.2, 0.25) is 0 Å².